The molecule has 20 heavy (non-hydrogen) atoms. The molecule has 0 saturated heterocycles. The highest BCUT2D eigenvalue weighted by molar-refractivity contribution is 6.00. The Morgan fingerprint density at radius 1 is 1.35 bits per heavy atom. The van der Waals surface area contributed by atoms with E-state index in [0.29, 0.717) is 12.6 Å². The van der Waals surface area contributed by atoms with Crippen LogP contribution in [0.5, 0.6) is 0 Å². The molecule has 0 aliphatic rings. The first-order valence-corrected chi connectivity index (χ1v) is 7.25. The Morgan fingerprint density at radius 3 is 2.50 bits per heavy atom. The molecule has 112 valence electrons. The molecule has 0 fully saturated rings. The molecule has 0 aliphatic carbocycles. The Balaban J connectivity index is 3.21. The van der Waals surface area contributed by atoms with Gasteiger partial charge >= 0.3 is 0 Å². The van der Waals surface area contributed by atoms with Gasteiger partial charge in [-0.1, -0.05) is 25.5 Å². The standard InChI is InChI=1S/C16H27N3O/c1-5-13(6-2)19(9-10-20-4)15-8-7-12(3)11-14(15)16(17)18/h7-8,11,13H,5-6,9-10H2,1-4H3,(H3,17,18). The maximum Gasteiger partial charge on any atom is 0.124 e. The van der Waals surface area contributed by atoms with Crippen LogP contribution in [0.1, 0.15) is 37.8 Å². The van der Waals surface area contributed by atoms with Crippen molar-refractivity contribution < 1.29 is 4.74 Å². The number of nitrogens with one attached hydrogen (secondary N) is 1. The number of methoxy groups -OCH3 is 1. The van der Waals surface area contributed by atoms with Gasteiger partial charge in [0.15, 0.2) is 0 Å². The fraction of sp³-hybridized carbons (Fsp3) is 0.562. The van der Waals surface area contributed by atoms with Crippen molar-refractivity contribution in [1.82, 2.24) is 0 Å². The van der Waals surface area contributed by atoms with E-state index in [-0.39, 0.29) is 5.84 Å². The summed E-state index contributed by atoms with van der Waals surface area (Å²) < 4.78 is 5.23. The fourth-order valence-corrected chi connectivity index (χ4v) is 2.53. The van der Waals surface area contributed by atoms with Crippen molar-refractivity contribution in [1.29, 1.82) is 5.41 Å². The summed E-state index contributed by atoms with van der Waals surface area (Å²) in [5.41, 5.74) is 8.73. The second-order valence-corrected chi connectivity index (χ2v) is 5.09. The molecule has 0 bridgehead atoms. The molecule has 0 spiro atoms. The molecular formula is C16H27N3O. The topological polar surface area (TPSA) is 62.3 Å². The summed E-state index contributed by atoms with van der Waals surface area (Å²) in [5, 5.41) is 7.82. The molecule has 0 aromatic heterocycles. The van der Waals surface area contributed by atoms with Gasteiger partial charge in [-0.15, -0.1) is 0 Å². The molecule has 3 N–H and O–H groups in total. The lowest BCUT2D eigenvalue weighted by Crippen LogP contribution is -2.38. The van der Waals surface area contributed by atoms with Gasteiger partial charge in [-0.2, -0.15) is 0 Å². The third-order valence-corrected chi connectivity index (χ3v) is 3.67. The lowest BCUT2D eigenvalue weighted by atomic mass is 10.0. The predicted octanol–water partition coefficient (Wildman–Crippen LogP) is 2.92. The number of benzene rings is 1. The molecule has 0 amide bonds. The average Bonchev–Trinajstić information content (AvgIpc) is 2.43. The SMILES string of the molecule is CCC(CC)N(CCOC)c1ccc(C)cc1C(=N)N. The zero-order valence-corrected chi connectivity index (χ0v) is 13.1. The van der Waals surface area contributed by atoms with Gasteiger partial charge in [0.2, 0.25) is 0 Å². The van der Waals surface area contributed by atoms with E-state index in [1.54, 1.807) is 7.11 Å². The minimum Gasteiger partial charge on any atom is -0.384 e. The fourth-order valence-electron chi connectivity index (χ4n) is 2.53. The third-order valence-electron chi connectivity index (χ3n) is 3.67. The number of ether oxygens (including phenoxy) is 1. The van der Waals surface area contributed by atoms with Crippen molar-refractivity contribution in [3.05, 3.63) is 29.3 Å². The maximum atomic E-state index is 7.82. The summed E-state index contributed by atoms with van der Waals surface area (Å²) in [6, 6.07) is 6.56. The second-order valence-electron chi connectivity index (χ2n) is 5.09. The smallest absolute Gasteiger partial charge is 0.124 e. The average molecular weight is 277 g/mol. The van der Waals surface area contributed by atoms with E-state index in [1.807, 2.05) is 13.0 Å². The first-order valence-electron chi connectivity index (χ1n) is 7.25. The zero-order chi connectivity index (χ0) is 15.1. The van der Waals surface area contributed by atoms with Crippen molar-refractivity contribution in [2.24, 2.45) is 5.73 Å². The summed E-state index contributed by atoms with van der Waals surface area (Å²) >= 11 is 0. The molecule has 0 aliphatic heterocycles. The maximum absolute atomic E-state index is 7.82. The summed E-state index contributed by atoms with van der Waals surface area (Å²) in [6.45, 7) is 7.88. The molecule has 1 aromatic rings. The third kappa shape index (κ3) is 3.97. The van der Waals surface area contributed by atoms with E-state index in [9.17, 15) is 0 Å². The Labute approximate surface area is 122 Å². The summed E-state index contributed by atoms with van der Waals surface area (Å²) in [7, 11) is 1.71. The number of amidine groups is 1. The van der Waals surface area contributed by atoms with Crippen LogP contribution in [0.4, 0.5) is 5.69 Å². The van der Waals surface area contributed by atoms with Crippen LogP contribution in [-0.2, 0) is 4.74 Å². The van der Waals surface area contributed by atoms with Gasteiger partial charge in [0, 0.05) is 30.9 Å². The Kier molecular flexibility index (Phi) is 6.52. The van der Waals surface area contributed by atoms with E-state index in [1.165, 1.54) is 0 Å². The highest BCUT2D eigenvalue weighted by atomic mass is 16.5. The zero-order valence-electron chi connectivity index (χ0n) is 13.1. The molecule has 0 saturated carbocycles. The van der Waals surface area contributed by atoms with Crippen molar-refractivity contribution in [3.63, 3.8) is 0 Å². The molecule has 0 heterocycles. The molecule has 0 unspecified atom stereocenters. The van der Waals surface area contributed by atoms with Gasteiger partial charge in [-0.3, -0.25) is 5.41 Å². The van der Waals surface area contributed by atoms with Crippen molar-refractivity contribution >= 4 is 11.5 Å². The molecule has 4 nitrogen and oxygen atoms in total. The van der Waals surface area contributed by atoms with Gasteiger partial charge in [-0.25, -0.2) is 0 Å². The monoisotopic (exact) mass is 277 g/mol. The molecule has 0 atom stereocenters. The van der Waals surface area contributed by atoms with Crippen LogP contribution >= 0.6 is 0 Å². The number of rotatable bonds is 8. The molecule has 4 heteroatoms. The number of hydrogen-bond donors (Lipinski definition) is 2. The number of nitrogen functional groups attached to an aromatic ring is 1. The number of anilines is 1. The Morgan fingerprint density at radius 2 is 2.00 bits per heavy atom. The normalized spacial score (nSPS) is 10.8. The summed E-state index contributed by atoms with van der Waals surface area (Å²) in [5.74, 6) is 0.122. The van der Waals surface area contributed by atoms with E-state index in [4.69, 9.17) is 15.9 Å². The van der Waals surface area contributed by atoms with E-state index >= 15 is 0 Å². The first-order chi connectivity index (χ1) is 9.54. The van der Waals surface area contributed by atoms with Crippen LogP contribution in [-0.4, -0.2) is 32.1 Å². The van der Waals surface area contributed by atoms with E-state index in [0.717, 1.165) is 36.2 Å². The lowest BCUT2D eigenvalue weighted by molar-refractivity contribution is 0.202. The minimum atomic E-state index is 0.122. The van der Waals surface area contributed by atoms with Gasteiger partial charge in [0.05, 0.1) is 6.61 Å². The Bertz CT molecular complexity index is 441. The molecule has 1 aromatic carbocycles. The summed E-state index contributed by atoms with van der Waals surface area (Å²) in [6.07, 6.45) is 2.12. The second kappa shape index (κ2) is 7.90. The van der Waals surface area contributed by atoms with Crippen LogP contribution in [0.3, 0.4) is 0 Å². The van der Waals surface area contributed by atoms with Gasteiger partial charge < -0.3 is 15.4 Å². The largest absolute Gasteiger partial charge is 0.384 e. The van der Waals surface area contributed by atoms with Crippen LogP contribution in [0.15, 0.2) is 18.2 Å². The first kappa shape index (κ1) is 16.5. The Hall–Kier alpha value is -1.55. The number of nitrogens with two attached hydrogens (primary N) is 1. The minimum absolute atomic E-state index is 0.122. The van der Waals surface area contributed by atoms with Crippen molar-refractivity contribution in [3.8, 4) is 0 Å². The molecule has 0 radical (unpaired) electrons. The number of hydrogen-bond acceptors (Lipinski definition) is 3. The number of nitrogens with zero attached hydrogens (tertiary/aromatic N) is 1. The van der Waals surface area contributed by atoms with Crippen LogP contribution in [0.2, 0.25) is 0 Å². The quantitative estimate of drug-likeness (QED) is 0.567. The van der Waals surface area contributed by atoms with Crippen LogP contribution in [0.25, 0.3) is 0 Å². The highest BCUT2D eigenvalue weighted by Gasteiger charge is 2.19. The van der Waals surface area contributed by atoms with E-state index < -0.39 is 0 Å². The summed E-state index contributed by atoms with van der Waals surface area (Å²) in [4.78, 5) is 2.32. The van der Waals surface area contributed by atoms with Crippen LogP contribution < -0.4 is 10.6 Å². The predicted molar refractivity (Wildman–Crippen MR) is 85.8 cm³/mol. The van der Waals surface area contributed by atoms with E-state index in [2.05, 4.69) is 30.9 Å². The number of aryl methyl sites for hydroxylation is 1. The van der Waals surface area contributed by atoms with Gasteiger partial charge in [-0.05, 0) is 31.9 Å². The van der Waals surface area contributed by atoms with Gasteiger partial charge in [0.1, 0.15) is 5.84 Å². The van der Waals surface area contributed by atoms with Crippen molar-refractivity contribution in [2.45, 2.75) is 39.7 Å². The molecular weight excluding hydrogens is 250 g/mol. The van der Waals surface area contributed by atoms with Gasteiger partial charge in [0.25, 0.3) is 0 Å². The van der Waals surface area contributed by atoms with Crippen molar-refractivity contribution in [2.75, 3.05) is 25.2 Å². The lowest BCUT2D eigenvalue weighted by Gasteiger charge is -2.34. The highest BCUT2D eigenvalue weighted by Crippen LogP contribution is 2.25. The van der Waals surface area contributed by atoms with Crippen LogP contribution in [0, 0.1) is 12.3 Å². The molecule has 1 rings (SSSR count).